The van der Waals surface area contributed by atoms with E-state index in [0.717, 1.165) is 23.7 Å². The van der Waals surface area contributed by atoms with Crippen molar-refractivity contribution in [2.45, 2.75) is 56.9 Å². The van der Waals surface area contributed by atoms with E-state index >= 15 is 0 Å². The normalized spacial score (nSPS) is 23.3. The second-order valence-corrected chi connectivity index (χ2v) is 6.70. The van der Waals surface area contributed by atoms with Gasteiger partial charge >= 0.3 is 5.97 Å². The SMILES string of the molecule is CN(c1nc2c(s1)CCC2C(=O)O)C1CCCCC1. The van der Waals surface area contributed by atoms with Crippen LogP contribution in [0.2, 0.25) is 0 Å². The number of hydrogen-bond donors (Lipinski definition) is 1. The molecule has 0 aromatic carbocycles. The van der Waals surface area contributed by atoms with Crippen LogP contribution < -0.4 is 4.90 Å². The van der Waals surface area contributed by atoms with Gasteiger partial charge in [0.25, 0.3) is 0 Å². The first-order valence-electron chi connectivity index (χ1n) is 7.12. The molecule has 1 unspecified atom stereocenters. The first kappa shape index (κ1) is 12.9. The van der Waals surface area contributed by atoms with Crippen LogP contribution in [0.1, 0.15) is 55.0 Å². The number of carboxylic acids is 1. The average molecular weight is 280 g/mol. The molecule has 0 aliphatic heterocycles. The Labute approximate surface area is 117 Å². The third kappa shape index (κ3) is 2.36. The predicted molar refractivity (Wildman–Crippen MR) is 76.1 cm³/mol. The van der Waals surface area contributed by atoms with Crippen LogP contribution >= 0.6 is 11.3 Å². The van der Waals surface area contributed by atoms with Crippen LogP contribution in [0.15, 0.2) is 0 Å². The summed E-state index contributed by atoms with van der Waals surface area (Å²) in [5.41, 5.74) is 0.829. The van der Waals surface area contributed by atoms with Crippen LogP contribution in [0.3, 0.4) is 0 Å². The Morgan fingerprint density at radius 2 is 2.05 bits per heavy atom. The molecule has 0 radical (unpaired) electrons. The highest BCUT2D eigenvalue weighted by molar-refractivity contribution is 7.15. The number of fused-ring (bicyclic) bond motifs is 1. The van der Waals surface area contributed by atoms with Gasteiger partial charge < -0.3 is 10.0 Å². The lowest BCUT2D eigenvalue weighted by Gasteiger charge is -2.30. The minimum Gasteiger partial charge on any atom is -0.481 e. The number of aliphatic carboxylic acids is 1. The van der Waals surface area contributed by atoms with Crippen molar-refractivity contribution in [3.63, 3.8) is 0 Å². The smallest absolute Gasteiger partial charge is 0.312 e. The quantitative estimate of drug-likeness (QED) is 0.924. The third-order valence-electron chi connectivity index (χ3n) is 4.43. The van der Waals surface area contributed by atoms with Gasteiger partial charge in [0.05, 0.1) is 5.69 Å². The van der Waals surface area contributed by atoms with Gasteiger partial charge in [-0.2, -0.15) is 0 Å². The van der Waals surface area contributed by atoms with Gasteiger partial charge in [-0.25, -0.2) is 4.98 Å². The Balaban J connectivity index is 1.79. The Morgan fingerprint density at radius 3 is 2.74 bits per heavy atom. The molecule has 1 saturated carbocycles. The molecule has 1 aromatic rings. The summed E-state index contributed by atoms with van der Waals surface area (Å²) in [4.78, 5) is 19.3. The van der Waals surface area contributed by atoms with Gasteiger partial charge in [-0.15, -0.1) is 11.3 Å². The molecular weight excluding hydrogens is 260 g/mol. The fourth-order valence-electron chi connectivity index (χ4n) is 3.23. The van der Waals surface area contributed by atoms with Crippen LogP contribution in [0.5, 0.6) is 0 Å². The molecule has 3 rings (SSSR count). The van der Waals surface area contributed by atoms with Crippen LogP contribution in [0.4, 0.5) is 5.13 Å². The third-order valence-corrected chi connectivity index (χ3v) is 5.65. The number of carbonyl (C=O) groups is 1. The maximum atomic E-state index is 11.2. The summed E-state index contributed by atoms with van der Waals surface area (Å²) in [6.07, 6.45) is 8.03. The summed E-state index contributed by atoms with van der Waals surface area (Å²) in [6.45, 7) is 0. The Morgan fingerprint density at radius 1 is 1.32 bits per heavy atom. The number of aromatic nitrogens is 1. The van der Waals surface area contributed by atoms with E-state index in [1.165, 1.54) is 37.0 Å². The van der Waals surface area contributed by atoms with Gasteiger partial charge in [-0.05, 0) is 25.7 Å². The van der Waals surface area contributed by atoms with E-state index in [9.17, 15) is 9.90 Å². The highest BCUT2D eigenvalue weighted by Crippen LogP contribution is 2.40. The fraction of sp³-hybridized carbons (Fsp3) is 0.714. The lowest BCUT2D eigenvalue weighted by molar-refractivity contribution is -0.138. The summed E-state index contributed by atoms with van der Waals surface area (Å²) in [7, 11) is 2.11. The first-order valence-corrected chi connectivity index (χ1v) is 7.93. The fourth-order valence-corrected chi connectivity index (χ4v) is 4.40. The molecule has 1 heterocycles. The van der Waals surface area contributed by atoms with E-state index in [1.54, 1.807) is 11.3 Å². The van der Waals surface area contributed by atoms with E-state index in [0.29, 0.717) is 6.04 Å². The van der Waals surface area contributed by atoms with Crippen molar-refractivity contribution in [1.29, 1.82) is 0 Å². The van der Waals surface area contributed by atoms with Crippen molar-refractivity contribution in [1.82, 2.24) is 4.98 Å². The van der Waals surface area contributed by atoms with E-state index in [-0.39, 0.29) is 5.92 Å². The standard InChI is InChI=1S/C14H20N2O2S/c1-16(9-5-3-2-4-6-9)14-15-12-10(13(17)18)7-8-11(12)19-14/h9-10H,2-8H2,1H3,(H,17,18). The van der Waals surface area contributed by atoms with Gasteiger partial charge in [-0.1, -0.05) is 19.3 Å². The molecule has 2 aliphatic rings. The molecule has 2 aliphatic carbocycles. The van der Waals surface area contributed by atoms with Crippen molar-refractivity contribution < 1.29 is 9.90 Å². The zero-order chi connectivity index (χ0) is 13.4. The molecule has 0 spiro atoms. The molecule has 0 bridgehead atoms. The van der Waals surface area contributed by atoms with Crippen molar-refractivity contribution in [3.05, 3.63) is 10.6 Å². The van der Waals surface area contributed by atoms with Crippen LogP contribution in [-0.2, 0) is 11.2 Å². The molecule has 5 heteroatoms. The van der Waals surface area contributed by atoms with E-state index in [1.807, 2.05) is 0 Å². The zero-order valence-electron chi connectivity index (χ0n) is 11.3. The van der Waals surface area contributed by atoms with Crippen LogP contribution in [0.25, 0.3) is 0 Å². The lowest BCUT2D eigenvalue weighted by Crippen LogP contribution is -2.33. The van der Waals surface area contributed by atoms with Crippen molar-refractivity contribution >= 4 is 22.4 Å². The Kier molecular flexibility index (Phi) is 3.48. The number of hydrogen-bond acceptors (Lipinski definition) is 4. The molecule has 0 amide bonds. The highest BCUT2D eigenvalue weighted by atomic mass is 32.1. The molecule has 1 atom stereocenters. The van der Waals surface area contributed by atoms with Gasteiger partial charge in [0.15, 0.2) is 5.13 Å². The van der Waals surface area contributed by atoms with E-state index in [4.69, 9.17) is 0 Å². The minimum atomic E-state index is -0.726. The molecule has 4 nitrogen and oxygen atoms in total. The molecular formula is C14H20N2O2S. The number of rotatable bonds is 3. The number of aryl methyl sites for hydroxylation is 1. The first-order chi connectivity index (χ1) is 9.16. The van der Waals surface area contributed by atoms with Gasteiger partial charge in [0.1, 0.15) is 5.92 Å². The molecule has 0 saturated heterocycles. The number of thiazole rings is 1. The summed E-state index contributed by atoms with van der Waals surface area (Å²) >= 11 is 1.70. The largest absolute Gasteiger partial charge is 0.481 e. The number of carboxylic acid groups (broad SMARTS) is 1. The van der Waals surface area contributed by atoms with Crippen molar-refractivity contribution in [2.75, 3.05) is 11.9 Å². The maximum absolute atomic E-state index is 11.2. The number of nitrogens with zero attached hydrogens (tertiary/aromatic N) is 2. The molecule has 19 heavy (non-hydrogen) atoms. The summed E-state index contributed by atoms with van der Waals surface area (Å²) in [5.74, 6) is -1.10. The average Bonchev–Trinajstić information content (AvgIpc) is 2.98. The molecule has 1 aromatic heterocycles. The van der Waals surface area contributed by atoms with Gasteiger partial charge in [0, 0.05) is 18.0 Å². The summed E-state index contributed by atoms with van der Waals surface area (Å²) in [5, 5.41) is 10.2. The molecule has 1 N–H and O–H groups in total. The summed E-state index contributed by atoms with van der Waals surface area (Å²) in [6, 6.07) is 0.586. The minimum absolute atomic E-state index is 0.375. The monoisotopic (exact) mass is 280 g/mol. The predicted octanol–water partition coefficient (Wildman–Crippen LogP) is 3.03. The van der Waals surface area contributed by atoms with Gasteiger partial charge in [0.2, 0.25) is 0 Å². The Bertz CT molecular complexity index is 480. The second-order valence-electron chi connectivity index (χ2n) is 5.64. The topological polar surface area (TPSA) is 53.4 Å². The zero-order valence-corrected chi connectivity index (χ0v) is 12.1. The Hall–Kier alpha value is -1.10. The highest BCUT2D eigenvalue weighted by Gasteiger charge is 2.33. The van der Waals surface area contributed by atoms with Gasteiger partial charge in [-0.3, -0.25) is 4.79 Å². The number of anilines is 1. The van der Waals surface area contributed by atoms with Crippen LogP contribution in [0, 0.1) is 0 Å². The maximum Gasteiger partial charge on any atom is 0.312 e. The molecule has 1 fully saturated rings. The van der Waals surface area contributed by atoms with Crippen molar-refractivity contribution in [3.8, 4) is 0 Å². The summed E-state index contributed by atoms with van der Waals surface area (Å²) < 4.78 is 0. The molecule has 104 valence electrons. The second kappa shape index (κ2) is 5.12. The van der Waals surface area contributed by atoms with E-state index in [2.05, 4.69) is 16.9 Å². The van der Waals surface area contributed by atoms with Crippen molar-refractivity contribution in [2.24, 2.45) is 0 Å². The lowest BCUT2D eigenvalue weighted by atomic mass is 9.95. The van der Waals surface area contributed by atoms with E-state index < -0.39 is 5.97 Å². The van der Waals surface area contributed by atoms with Crippen LogP contribution in [-0.4, -0.2) is 29.1 Å².